The molecular formula is C16H25N5O2. The molecule has 0 aliphatic carbocycles. The van der Waals surface area contributed by atoms with E-state index >= 15 is 0 Å². The molecule has 7 heteroatoms. The van der Waals surface area contributed by atoms with E-state index in [1.54, 1.807) is 7.11 Å². The highest BCUT2D eigenvalue weighted by Crippen LogP contribution is 2.39. The maximum atomic E-state index is 5.77. The normalized spacial score (nSPS) is 19.0. The van der Waals surface area contributed by atoms with Gasteiger partial charge in [-0.2, -0.15) is 5.10 Å². The average Bonchev–Trinajstić information content (AvgIpc) is 3.19. The van der Waals surface area contributed by atoms with Gasteiger partial charge in [-0.15, -0.1) is 10.2 Å². The van der Waals surface area contributed by atoms with Crippen LogP contribution in [0.1, 0.15) is 61.7 Å². The van der Waals surface area contributed by atoms with Gasteiger partial charge in [-0.25, -0.2) is 4.68 Å². The highest BCUT2D eigenvalue weighted by Gasteiger charge is 2.33. The molecule has 0 radical (unpaired) electrons. The van der Waals surface area contributed by atoms with Gasteiger partial charge in [0, 0.05) is 19.0 Å². The van der Waals surface area contributed by atoms with Gasteiger partial charge in [0.25, 0.3) is 0 Å². The van der Waals surface area contributed by atoms with E-state index in [1.807, 2.05) is 18.7 Å². The summed E-state index contributed by atoms with van der Waals surface area (Å²) in [5.74, 6) is 2.48. The lowest BCUT2D eigenvalue weighted by atomic mass is 10.1. The Kier molecular flexibility index (Phi) is 4.39. The van der Waals surface area contributed by atoms with Crippen LogP contribution in [0.3, 0.4) is 0 Å². The van der Waals surface area contributed by atoms with Crippen molar-refractivity contribution in [1.82, 2.24) is 24.9 Å². The summed E-state index contributed by atoms with van der Waals surface area (Å²) in [6, 6.07) is 0.285. The fourth-order valence-corrected chi connectivity index (χ4v) is 3.36. The largest absolute Gasteiger partial charge is 0.481 e. The third kappa shape index (κ3) is 2.97. The van der Waals surface area contributed by atoms with E-state index in [9.17, 15) is 0 Å². The molecule has 3 heterocycles. The lowest BCUT2D eigenvalue weighted by Gasteiger charge is -2.23. The van der Waals surface area contributed by atoms with Crippen molar-refractivity contribution in [3.8, 4) is 5.88 Å². The lowest BCUT2D eigenvalue weighted by molar-refractivity contribution is 0.215. The molecule has 1 aliphatic rings. The maximum absolute atomic E-state index is 5.77. The summed E-state index contributed by atoms with van der Waals surface area (Å²) in [5, 5.41) is 12.8. The van der Waals surface area contributed by atoms with E-state index < -0.39 is 0 Å². The van der Waals surface area contributed by atoms with Crippen molar-refractivity contribution in [2.75, 3.05) is 13.7 Å². The molecule has 2 aromatic rings. The van der Waals surface area contributed by atoms with Crippen LogP contribution in [-0.4, -0.2) is 38.5 Å². The second-order valence-electron chi connectivity index (χ2n) is 6.45. The van der Waals surface area contributed by atoms with Crippen molar-refractivity contribution in [2.24, 2.45) is 7.05 Å². The second kappa shape index (κ2) is 6.31. The van der Waals surface area contributed by atoms with Crippen LogP contribution < -0.4 is 4.74 Å². The first kappa shape index (κ1) is 16.0. The van der Waals surface area contributed by atoms with Crippen molar-refractivity contribution in [3.63, 3.8) is 0 Å². The number of aryl methyl sites for hydroxylation is 2. The number of aromatic nitrogens is 4. The Morgan fingerprint density at radius 1 is 1.35 bits per heavy atom. The number of methoxy groups -OCH3 is 1. The highest BCUT2D eigenvalue weighted by molar-refractivity contribution is 5.35. The second-order valence-corrected chi connectivity index (χ2v) is 6.45. The summed E-state index contributed by atoms with van der Waals surface area (Å²) in [5.41, 5.74) is 2.20. The van der Waals surface area contributed by atoms with E-state index in [0.717, 1.165) is 31.0 Å². The molecule has 1 atom stereocenters. The van der Waals surface area contributed by atoms with Crippen molar-refractivity contribution >= 4 is 0 Å². The molecule has 0 spiro atoms. The number of hydrogen-bond donors (Lipinski definition) is 0. The zero-order chi connectivity index (χ0) is 16.6. The van der Waals surface area contributed by atoms with Crippen LogP contribution in [0.4, 0.5) is 0 Å². The smallest absolute Gasteiger partial charge is 0.230 e. The molecule has 3 rings (SSSR count). The molecule has 0 saturated carbocycles. The van der Waals surface area contributed by atoms with E-state index in [-0.39, 0.29) is 12.0 Å². The molecule has 1 unspecified atom stereocenters. The minimum absolute atomic E-state index is 0.256. The summed E-state index contributed by atoms with van der Waals surface area (Å²) < 4.78 is 13.1. The molecule has 126 valence electrons. The molecule has 1 saturated heterocycles. The van der Waals surface area contributed by atoms with Gasteiger partial charge < -0.3 is 9.15 Å². The van der Waals surface area contributed by atoms with E-state index in [4.69, 9.17) is 9.15 Å². The van der Waals surface area contributed by atoms with Gasteiger partial charge in [0.05, 0.1) is 24.9 Å². The summed E-state index contributed by atoms with van der Waals surface area (Å²) >= 11 is 0. The topological polar surface area (TPSA) is 69.2 Å². The zero-order valence-corrected chi connectivity index (χ0v) is 14.5. The lowest BCUT2D eigenvalue weighted by Crippen LogP contribution is -2.23. The van der Waals surface area contributed by atoms with Gasteiger partial charge in [-0.05, 0) is 26.3 Å². The molecule has 0 bridgehead atoms. The van der Waals surface area contributed by atoms with E-state index in [1.165, 1.54) is 5.56 Å². The fraction of sp³-hybridized carbons (Fsp3) is 0.688. The quantitative estimate of drug-likeness (QED) is 0.843. The van der Waals surface area contributed by atoms with Crippen molar-refractivity contribution in [3.05, 3.63) is 23.0 Å². The Balaban J connectivity index is 1.83. The number of likely N-dealkylation sites (tertiary alicyclic amines) is 1. The van der Waals surface area contributed by atoms with Crippen molar-refractivity contribution in [2.45, 2.75) is 52.1 Å². The van der Waals surface area contributed by atoms with Gasteiger partial charge in [-0.3, -0.25) is 4.90 Å². The number of ether oxygens (including phenoxy) is 1. The summed E-state index contributed by atoms with van der Waals surface area (Å²) in [4.78, 5) is 2.38. The summed E-state index contributed by atoms with van der Waals surface area (Å²) in [7, 11) is 3.62. The molecule has 23 heavy (non-hydrogen) atoms. The third-order valence-corrected chi connectivity index (χ3v) is 4.42. The van der Waals surface area contributed by atoms with Crippen LogP contribution in [0.2, 0.25) is 0 Å². The molecule has 0 N–H and O–H groups in total. The Morgan fingerprint density at radius 3 is 2.78 bits per heavy atom. The minimum Gasteiger partial charge on any atom is -0.481 e. The molecule has 1 fully saturated rings. The molecule has 0 amide bonds. The van der Waals surface area contributed by atoms with E-state index in [0.29, 0.717) is 18.3 Å². The van der Waals surface area contributed by atoms with Crippen LogP contribution in [-0.2, 0) is 13.6 Å². The Morgan fingerprint density at radius 2 is 2.13 bits per heavy atom. The van der Waals surface area contributed by atoms with Crippen LogP contribution in [0.15, 0.2) is 4.42 Å². The number of hydrogen-bond acceptors (Lipinski definition) is 6. The predicted octanol–water partition coefficient (Wildman–Crippen LogP) is 2.58. The number of rotatable bonds is 5. The summed E-state index contributed by atoms with van der Waals surface area (Å²) in [6.45, 7) is 7.83. The fourth-order valence-electron chi connectivity index (χ4n) is 3.36. The Bertz CT molecular complexity index is 676. The number of nitrogens with zero attached hydrogens (tertiary/aromatic N) is 5. The predicted molar refractivity (Wildman–Crippen MR) is 85.3 cm³/mol. The Labute approximate surface area is 136 Å². The molecule has 0 aromatic carbocycles. The molecule has 2 aromatic heterocycles. The molecular weight excluding hydrogens is 294 g/mol. The van der Waals surface area contributed by atoms with E-state index in [2.05, 4.69) is 34.0 Å². The zero-order valence-electron chi connectivity index (χ0n) is 14.5. The molecule has 1 aliphatic heterocycles. The first-order chi connectivity index (χ1) is 11.0. The van der Waals surface area contributed by atoms with Crippen LogP contribution in [0.25, 0.3) is 0 Å². The van der Waals surface area contributed by atoms with Gasteiger partial charge in [0.1, 0.15) is 0 Å². The first-order valence-electron chi connectivity index (χ1n) is 8.15. The monoisotopic (exact) mass is 319 g/mol. The average molecular weight is 319 g/mol. The molecule has 7 nitrogen and oxygen atoms in total. The standard InChI is InChI=1S/C16H25N5O2/c1-10(2)15-18-17-13(23-15)9-21-8-6-7-12(21)14-11(3)19-20(4)16(14)22-5/h10,12H,6-9H2,1-5H3. The van der Waals surface area contributed by atoms with Crippen molar-refractivity contribution in [1.29, 1.82) is 0 Å². The summed E-state index contributed by atoms with van der Waals surface area (Å²) in [6.07, 6.45) is 2.24. The van der Waals surface area contributed by atoms with Crippen LogP contribution >= 0.6 is 0 Å². The SMILES string of the molecule is COc1c(C2CCCN2Cc2nnc(C(C)C)o2)c(C)nn1C. The van der Waals surface area contributed by atoms with Gasteiger partial charge in [0.15, 0.2) is 0 Å². The van der Waals surface area contributed by atoms with Gasteiger partial charge in [0.2, 0.25) is 17.7 Å². The van der Waals surface area contributed by atoms with Gasteiger partial charge in [-0.1, -0.05) is 13.8 Å². The van der Waals surface area contributed by atoms with Crippen LogP contribution in [0, 0.1) is 6.92 Å². The highest BCUT2D eigenvalue weighted by atomic mass is 16.5. The third-order valence-electron chi connectivity index (χ3n) is 4.42. The van der Waals surface area contributed by atoms with Crippen LogP contribution in [0.5, 0.6) is 5.88 Å². The Hall–Kier alpha value is -1.89. The van der Waals surface area contributed by atoms with Gasteiger partial charge >= 0.3 is 0 Å². The van der Waals surface area contributed by atoms with Crippen molar-refractivity contribution < 1.29 is 9.15 Å². The minimum atomic E-state index is 0.256. The first-order valence-corrected chi connectivity index (χ1v) is 8.15. The maximum Gasteiger partial charge on any atom is 0.230 e.